The molecule has 0 amide bonds. The first-order valence-electron chi connectivity index (χ1n) is 7.89. The Labute approximate surface area is 145 Å². The Bertz CT molecular complexity index is 777. The molecule has 3 rings (SSSR count). The summed E-state index contributed by atoms with van der Waals surface area (Å²) in [7, 11) is 3.95. The SMILES string of the molecule is CNCCOCCN(C)c1nc(-c2ccccn2)nc2sccc12. The summed E-state index contributed by atoms with van der Waals surface area (Å²) in [4.78, 5) is 16.9. The number of thiophene rings is 1. The van der Waals surface area contributed by atoms with Gasteiger partial charge in [-0.05, 0) is 30.6 Å². The zero-order valence-corrected chi connectivity index (χ0v) is 14.7. The molecule has 0 bridgehead atoms. The van der Waals surface area contributed by atoms with Crippen LogP contribution < -0.4 is 10.2 Å². The van der Waals surface area contributed by atoms with E-state index in [1.165, 1.54) is 0 Å². The summed E-state index contributed by atoms with van der Waals surface area (Å²) >= 11 is 1.62. The molecule has 0 aliphatic carbocycles. The van der Waals surface area contributed by atoms with Crippen molar-refractivity contribution >= 4 is 27.4 Å². The van der Waals surface area contributed by atoms with Crippen molar-refractivity contribution in [1.82, 2.24) is 20.3 Å². The highest BCUT2D eigenvalue weighted by Gasteiger charge is 2.14. The van der Waals surface area contributed by atoms with Crippen LogP contribution in [-0.2, 0) is 4.74 Å². The molecule has 3 aromatic heterocycles. The Morgan fingerprint density at radius 2 is 2.12 bits per heavy atom. The first-order valence-corrected chi connectivity index (χ1v) is 8.77. The molecule has 24 heavy (non-hydrogen) atoms. The van der Waals surface area contributed by atoms with Gasteiger partial charge in [-0.25, -0.2) is 9.97 Å². The molecule has 1 N–H and O–H groups in total. The maximum absolute atomic E-state index is 5.62. The van der Waals surface area contributed by atoms with Crippen molar-refractivity contribution in [2.45, 2.75) is 0 Å². The van der Waals surface area contributed by atoms with Crippen molar-refractivity contribution in [2.75, 3.05) is 45.3 Å². The van der Waals surface area contributed by atoms with Crippen LogP contribution in [0.1, 0.15) is 0 Å². The smallest absolute Gasteiger partial charge is 0.181 e. The number of likely N-dealkylation sites (N-methyl/N-ethyl adjacent to an activating group) is 2. The van der Waals surface area contributed by atoms with E-state index in [1.807, 2.05) is 37.7 Å². The maximum atomic E-state index is 5.62. The van der Waals surface area contributed by atoms with Gasteiger partial charge in [0.15, 0.2) is 5.82 Å². The van der Waals surface area contributed by atoms with E-state index in [4.69, 9.17) is 9.72 Å². The highest BCUT2D eigenvalue weighted by atomic mass is 32.1. The van der Waals surface area contributed by atoms with Crippen LogP contribution in [0.4, 0.5) is 5.82 Å². The predicted molar refractivity (Wildman–Crippen MR) is 98.7 cm³/mol. The van der Waals surface area contributed by atoms with E-state index >= 15 is 0 Å². The van der Waals surface area contributed by atoms with Gasteiger partial charge >= 0.3 is 0 Å². The molecule has 0 aliphatic rings. The zero-order chi connectivity index (χ0) is 16.8. The van der Waals surface area contributed by atoms with Gasteiger partial charge < -0.3 is 15.0 Å². The Kier molecular flexibility index (Phi) is 5.68. The molecular formula is C17H21N5OS. The summed E-state index contributed by atoms with van der Waals surface area (Å²) in [6.45, 7) is 3.00. The molecule has 0 aliphatic heterocycles. The molecule has 0 unspecified atom stereocenters. The second kappa shape index (κ2) is 8.14. The summed E-state index contributed by atoms with van der Waals surface area (Å²) in [6.07, 6.45) is 1.76. The Morgan fingerprint density at radius 3 is 2.92 bits per heavy atom. The van der Waals surface area contributed by atoms with E-state index < -0.39 is 0 Å². The number of anilines is 1. The van der Waals surface area contributed by atoms with E-state index in [0.29, 0.717) is 19.0 Å². The second-order valence-corrected chi connectivity index (χ2v) is 6.26. The third kappa shape index (κ3) is 3.87. The lowest BCUT2D eigenvalue weighted by Crippen LogP contribution is -2.25. The van der Waals surface area contributed by atoms with Crippen LogP contribution in [0, 0.1) is 0 Å². The van der Waals surface area contributed by atoms with Crippen molar-refractivity contribution in [2.24, 2.45) is 0 Å². The number of nitrogens with zero attached hydrogens (tertiary/aromatic N) is 4. The highest BCUT2D eigenvalue weighted by Crippen LogP contribution is 2.29. The van der Waals surface area contributed by atoms with Gasteiger partial charge in [0.2, 0.25) is 0 Å². The molecule has 3 heterocycles. The van der Waals surface area contributed by atoms with Crippen LogP contribution in [0.15, 0.2) is 35.8 Å². The minimum atomic E-state index is 0.656. The van der Waals surface area contributed by atoms with E-state index in [9.17, 15) is 0 Å². The molecule has 0 fully saturated rings. The molecule has 3 aromatic rings. The summed E-state index contributed by atoms with van der Waals surface area (Å²) < 4.78 is 5.62. The lowest BCUT2D eigenvalue weighted by Gasteiger charge is -2.19. The van der Waals surface area contributed by atoms with Crippen molar-refractivity contribution in [3.63, 3.8) is 0 Å². The van der Waals surface area contributed by atoms with Gasteiger partial charge in [0.1, 0.15) is 16.3 Å². The van der Waals surface area contributed by atoms with Crippen molar-refractivity contribution in [3.05, 3.63) is 35.8 Å². The standard InChI is InChI=1S/C17H21N5OS/c1-18-8-10-23-11-9-22(2)16-13-6-12-24-17(13)21-15(20-16)14-5-3-4-7-19-14/h3-7,12,18H,8-11H2,1-2H3. The molecular weight excluding hydrogens is 322 g/mol. The minimum absolute atomic E-state index is 0.656. The van der Waals surface area contributed by atoms with Gasteiger partial charge in [-0.1, -0.05) is 6.07 Å². The highest BCUT2D eigenvalue weighted by molar-refractivity contribution is 7.16. The average Bonchev–Trinajstić information content (AvgIpc) is 3.10. The topological polar surface area (TPSA) is 63.2 Å². The summed E-state index contributed by atoms with van der Waals surface area (Å²) in [5.41, 5.74) is 0.785. The number of pyridine rings is 1. The normalized spacial score (nSPS) is 11.1. The number of fused-ring (bicyclic) bond motifs is 1. The van der Waals surface area contributed by atoms with Crippen LogP contribution >= 0.6 is 11.3 Å². The predicted octanol–water partition coefficient (Wildman–Crippen LogP) is 2.43. The van der Waals surface area contributed by atoms with Gasteiger partial charge in [-0.15, -0.1) is 11.3 Å². The molecule has 0 aromatic carbocycles. The number of nitrogens with one attached hydrogen (secondary N) is 1. The van der Waals surface area contributed by atoms with Gasteiger partial charge in [0.05, 0.1) is 18.6 Å². The second-order valence-electron chi connectivity index (χ2n) is 5.36. The van der Waals surface area contributed by atoms with Crippen LogP contribution in [0.25, 0.3) is 21.7 Å². The van der Waals surface area contributed by atoms with Crippen molar-refractivity contribution in [3.8, 4) is 11.5 Å². The molecule has 0 atom stereocenters. The van der Waals surface area contributed by atoms with E-state index in [0.717, 1.165) is 34.8 Å². The quantitative estimate of drug-likeness (QED) is 0.634. The third-order valence-corrected chi connectivity index (χ3v) is 4.43. The fraction of sp³-hybridized carbons (Fsp3) is 0.353. The van der Waals surface area contributed by atoms with Crippen molar-refractivity contribution < 1.29 is 4.74 Å². The molecule has 7 heteroatoms. The molecule has 0 spiro atoms. The van der Waals surface area contributed by atoms with E-state index in [-0.39, 0.29) is 0 Å². The zero-order valence-electron chi connectivity index (χ0n) is 13.9. The Morgan fingerprint density at radius 1 is 1.21 bits per heavy atom. The van der Waals surface area contributed by atoms with Gasteiger partial charge in [0, 0.05) is 26.3 Å². The number of rotatable bonds is 8. The Hall–Kier alpha value is -2.09. The lowest BCUT2D eigenvalue weighted by molar-refractivity contribution is 0.144. The van der Waals surface area contributed by atoms with E-state index in [1.54, 1.807) is 17.5 Å². The van der Waals surface area contributed by atoms with E-state index in [2.05, 4.69) is 26.3 Å². The fourth-order valence-corrected chi connectivity index (χ4v) is 3.08. The monoisotopic (exact) mass is 343 g/mol. The molecule has 0 saturated carbocycles. The summed E-state index contributed by atoms with van der Waals surface area (Å²) in [5.74, 6) is 1.57. The first-order chi connectivity index (χ1) is 11.8. The van der Waals surface area contributed by atoms with Gasteiger partial charge in [-0.3, -0.25) is 4.98 Å². The largest absolute Gasteiger partial charge is 0.378 e. The number of ether oxygens (including phenoxy) is 1. The molecule has 0 saturated heterocycles. The van der Waals surface area contributed by atoms with Crippen LogP contribution in [-0.4, -0.2) is 55.4 Å². The average molecular weight is 343 g/mol. The molecule has 126 valence electrons. The third-order valence-electron chi connectivity index (χ3n) is 3.63. The summed E-state index contributed by atoms with van der Waals surface area (Å²) in [5, 5.41) is 6.18. The lowest BCUT2D eigenvalue weighted by atomic mass is 10.3. The fourth-order valence-electron chi connectivity index (χ4n) is 2.32. The molecule has 6 nitrogen and oxygen atoms in total. The Balaban J connectivity index is 1.82. The first kappa shape index (κ1) is 16.8. The number of hydrogen-bond donors (Lipinski definition) is 1. The number of hydrogen-bond acceptors (Lipinski definition) is 7. The van der Waals surface area contributed by atoms with Crippen LogP contribution in [0.3, 0.4) is 0 Å². The van der Waals surface area contributed by atoms with Crippen LogP contribution in [0.2, 0.25) is 0 Å². The summed E-state index contributed by atoms with van der Waals surface area (Å²) in [6, 6.07) is 7.83. The number of aromatic nitrogens is 3. The van der Waals surface area contributed by atoms with Crippen LogP contribution in [0.5, 0.6) is 0 Å². The van der Waals surface area contributed by atoms with Crippen molar-refractivity contribution in [1.29, 1.82) is 0 Å². The van der Waals surface area contributed by atoms with Gasteiger partial charge in [0.25, 0.3) is 0 Å². The minimum Gasteiger partial charge on any atom is -0.378 e. The maximum Gasteiger partial charge on any atom is 0.181 e. The van der Waals surface area contributed by atoms with Gasteiger partial charge in [-0.2, -0.15) is 0 Å². The molecule has 0 radical (unpaired) electrons.